The van der Waals surface area contributed by atoms with Gasteiger partial charge in [0.05, 0.1) is 15.5 Å². The van der Waals surface area contributed by atoms with Crippen molar-refractivity contribution < 1.29 is 19.2 Å². The third-order valence-electron chi connectivity index (χ3n) is 1.49. The molecule has 0 aliphatic rings. The minimum atomic E-state index is -1.44. The molecule has 0 saturated heterocycles. The highest BCUT2D eigenvalue weighted by Gasteiger charge is 2.22. The second kappa shape index (κ2) is 3.59. The molecule has 0 heterocycles. The van der Waals surface area contributed by atoms with Gasteiger partial charge < -0.3 is 5.11 Å². The fraction of sp³-hybridized carbons (Fsp3) is 0. The molecule has 5 nitrogen and oxygen atoms in total. The lowest BCUT2D eigenvalue weighted by molar-refractivity contribution is -0.387. The van der Waals surface area contributed by atoms with Gasteiger partial charge in [0.2, 0.25) is 5.82 Å². The molecule has 1 aromatic rings. The van der Waals surface area contributed by atoms with Crippen molar-refractivity contribution >= 4 is 23.3 Å². The summed E-state index contributed by atoms with van der Waals surface area (Å²) in [6, 6.07) is 1.64. The van der Waals surface area contributed by atoms with E-state index < -0.39 is 33.0 Å². The molecule has 0 radical (unpaired) electrons. The fourth-order valence-corrected chi connectivity index (χ4v) is 1.09. The number of hydrogen-bond acceptors (Lipinski definition) is 3. The van der Waals surface area contributed by atoms with Gasteiger partial charge in [0.1, 0.15) is 0 Å². The molecule has 0 bridgehead atoms. The molecule has 0 atom stereocenters. The van der Waals surface area contributed by atoms with Crippen LogP contribution in [0.5, 0.6) is 0 Å². The molecule has 0 amide bonds. The van der Waals surface area contributed by atoms with Gasteiger partial charge in [-0.1, -0.05) is 11.6 Å². The average Bonchev–Trinajstić information content (AvgIpc) is 2.08. The van der Waals surface area contributed by atoms with E-state index in [0.717, 1.165) is 12.1 Å². The van der Waals surface area contributed by atoms with Gasteiger partial charge in [0, 0.05) is 6.07 Å². The summed E-state index contributed by atoms with van der Waals surface area (Å²) in [7, 11) is 0. The molecule has 1 N–H and O–H groups in total. The van der Waals surface area contributed by atoms with Crippen LogP contribution in [0, 0.1) is 15.9 Å². The van der Waals surface area contributed by atoms with Crippen LogP contribution in [0.25, 0.3) is 0 Å². The van der Waals surface area contributed by atoms with E-state index in [1.165, 1.54) is 0 Å². The van der Waals surface area contributed by atoms with Crippen molar-refractivity contribution in [2.45, 2.75) is 0 Å². The van der Waals surface area contributed by atoms with Crippen LogP contribution in [0.4, 0.5) is 10.1 Å². The molecule has 1 aromatic carbocycles. The molecule has 0 unspecified atom stereocenters. The summed E-state index contributed by atoms with van der Waals surface area (Å²) in [4.78, 5) is 19.7. The summed E-state index contributed by atoms with van der Waals surface area (Å²) < 4.78 is 13.0. The monoisotopic (exact) mass is 219 g/mol. The molecular weight excluding hydrogens is 217 g/mol. The first-order chi connectivity index (χ1) is 6.45. The van der Waals surface area contributed by atoms with E-state index in [-0.39, 0.29) is 0 Å². The number of aromatic carboxylic acids is 1. The van der Waals surface area contributed by atoms with Crippen molar-refractivity contribution in [3.63, 3.8) is 0 Å². The zero-order valence-corrected chi connectivity index (χ0v) is 7.29. The van der Waals surface area contributed by atoms with Gasteiger partial charge >= 0.3 is 11.7 Å². The largest absolute Gasteiger partial charge is 0.478 e. The number of hydrogen-bond donors (Lipinski definition) is 1. The molecule has 14 heavy (non-hydrogen) atoms. The van der Waals surface area contributed by atoms with Crippen molar-refractivity contribution in [2.75, 3.05) is 0 Å². The molecule has 74 valence electrons. The Bertz CT molecular complexity index is 381. The van der Waals surface area contributed by atoms with Gasteiger partial charge in [-0.15, -0.1) is 0 Å². The summed E-state index contributed by atoms with van der Waals surface area (Å²) >= 11 is 5.28. The van der Waals surface area contributed by atoms with Crippen molar-refractivity contribution in [2.24, 2.45) is 0 Å². The number of nitrogens with zero attached hydrogens (tertiary/aromatic N) is 1. The third-order valence-corrected chi connectivity index (χ3v) is 1.86. The summed E-state index contributed by atoms with van der Waals surface area (Å²) in [6.45, 7) is 0. The molecule has 0 aliphatic heterocycles. The lowest BCUT2D eigenvalue weighted by Gasteiger charge is -1.99. The normalized spacial score (nSPS) is 9.86. The maximum Gasteiger partial charge on any atom is 0.337 e. The molecular formula is C7H3ClFNO4. The van der Waals surface area contributed by atoms with E-state index in [1.54, 1.807) is 0 Å². The van der Waals surface area contributed by atoms with Crippen molar-refractivity contribution in [3.05, 3.63) is 38.7 Å². The Morgan fingerprint density at radius 3 is 2.57 bits per heavy atom. The highest BCUT2D eigenvalue weighted by atomic mass is 35.5. The maximum atomic E-state index is 13.0. The van der Waals surface area contributed by atoms with Crippen LogP contribution in [0.2, 0.25) is 5.02 Å². The van der Waals surface area contributed by atoms with Crippen LogP contribution in [0.15, 0.2) is 12.1 Å². The number of carboxylic acids is 1. The SMILES string of the molecule is O=C(O)c1ccc([N+](=O)[O-])c(F)c1Cl. The lowest BCUT2D eigenvalue weighted by Crippen LogP contribution is -2.01. The van der Waals surface area contributed by atoms with E-state index in [2.05, 4.69) is 0 Å². The molecule has 0 spiro atoms. The first kappa shape index (κ1) is 10.4. The Labute approximate surface area is 81.9 Å². The highest BCUT2D eigenvalue weighted by Crippen LogP contribution is 2.27. The van der Waals surface area contributed by atoms with Crippen LogP contribution in [-0.4, -0.2) is 16.0 Å². The van der Waals surface area contributed by atoms with E-state index in [0.29, 0.717) is 0 Å². The highest BCUT2D eigenvalue weighted by molar-refractivity contribution is 6.33. The van der Waals surface area contributed by atoms with Crippen molar-refractivity contribution in [1.82, 2.24) is 0 Å². The van der Waals surface area contributed by atoms with E-state index in [4.69, 9.17) is 16.7 Å². The van der Waals surface area contributed by atoms with Gasteiger partial charge in [0.25, 0.3) is 0 Å². The van der Waals surface area contributed by atoms with Gasteiger partial charge in [0.15, 0.2) is 0 Å². The average molecular weight is 220 g/mol. The summed E-state index contributed by atoms with van der Waals surface area (Å²) in [5, 5.41) is 18.0. The van der Waals surface area contributed by atoms with Gasteiger partial charge in [-0.2, -0.15) is 4.39 Å². The standard InChI is InChI=1S/C7H3ClFNO4/c8-5-3(7(11)12)1-2-4(6(5)9)10(13)14/h1-2H,(H,11,12). The third kappa shape index (κ3) is 1.64. The van der Waals surface area contributed by atoms with Crippen LogP contribution in [0.1, 0.15) is 10.4 Å². The van der Waals surface area contributed by atoms with Crippen LogP contribution >= 0.6 is 11.6 Å². The van der Waals surface area contributed by atoms with Crippen molar-refractivity contribution in [1.29, 1.82) is 0 Å². The minimum Gasteiger partial charge on any atom is -0.478 e. The maximum absolute atomic E-state index is 13.0. The van der Waals surface area contributed by atoms with Gasteiger partial charge in [-0.25, -0.2) is 4.79 Å². The van der Waals surface area contributed by atoms with Crippen LogP contribution in [0.3, 0.4) is 0 Å². The Hall–Kier alpha value is -1.69. The lowest BCUT2D eigenvalue weighted by atomic mass is 10.2. The second-order valence-electron chi connectivity index (χ2n) is 2.32. The predicted octanol–water partition coefficient (Wildman–Crippen LogP) is 2.09. The second-order valence-corrected chi connectivity index (χ2v) is 2.70. The van der Waals surface area contributed by atoms with E-state index in [9.17, 15) is 19.3 Å². The number of halogens is 2. The fourth-order valence-electron chi connectivity index (χ4n) is 0.845. The Balaban J connectivity index is 3.41. The number of carboxylic acid groups (broad SMARTS) is 1. The number of nitro groups is 1. The van der Waals surface area contributed by atoms with Gasteiger partial charge in [-0.3, -0.25) is 10.1 Å². The smallest absolute Gasteiger partial charge is 0.337 e. The van der Waals surface area contributed by atoms with Gasteiger partial charge in [-0.05, 0) is 6.07 Å². The molecule has 1 rings (SSSR count). The minimum absolute atomic E-state index is 0.505. The molecule has 0 fully saturated rings. The number of carbonyl (C=O) groups is 1. The molecule has 0 aromatic heterocycles. The van der Waals surface area contributed by atoms with Crippen molar-refractivity contribution in [3.8, 4) is 0 Å². The molecule has 0 saturated carbocycles. The number of rotatable bonds is 2. The number of benzene rings is 1. The van der Waals surface area contributed by atoms with E-state index in [1.807, 2.05) is 0 Å². The summed E-state index contributed by atoms with van der Waals surface area (Å²) in [5.74, 6) is -2.78. The predicted molar refractivity (Wildman–Crippen MR) is 45.0 cm³/mol. The molecule has 0 aliphatic carbocycles. The van der Waals surface area contributed by atoms with Crippen LogP contribution < -0.4 is 0 Å². The Kier molecular flexibility index (Phi) is 2.66. The summed E-state index contributed by atoms with van der Waals surface area (Å²) in [6.07, 6.45) is 0. The zero-order valence-electron chi connectivity index (χ0n) is 6.53. The quantitative estimate of drug-likeness (QED) is 0.610. The topological polar surface area (TPSA) is 80.4 Å². The van der Waals surface area contributed by atoms with Crippen LogP contribution in [-0.2, 0) is 0 Å². The molecule has 7 heteroatoms. The first-order valence-electron chi connectivity index (χ1n) is 3.31. The Morgan fingerprint density at radius 2 is 2.14 bits per heavy atom. The Morgan fingerprint density at radius 1 is 1.57 bits per heavy atom. The number of nitro benzene ring substituents is 1. The first-order valence-corrected chi connectivity index (χ1v) is 3.68. The van der Waals surface area contributed by atoms with E-state index >= 15 is 0 Å². The zero-order chi connectivity index (χ0) is 10.9. The summed E-state index contributed by atoms with van der Waals surface area (Å²) in [5.41, 5.74) is -1.35.